The van der Waals surface area contributed by atoms with Crippen molar-refractivity contribution in [2.24, 2.45) is 5.14 Å². The topological polar surface area (TPSA) is 83.9 Å². The molecule has 1 rings (SSSR count). The molecular weight excluding hydrogens is 299 g/mol. The van der Waals surface area contributed by atoms with Gasteiger partial charge in [-0.1, -0.05) is 22.0 Å². The number of hydrogen-bond acceptors (Lipinski definition) is 3. The third kappa shape index (κ3) is 2.78. The van der Waals surface area contributed by atoms with Crippen LogP contribution < -0.4 is 5.14 Å². The van der Waals surface area contributed by atoms with Gasteiger partial charge in [0.05, 0.1) is 16.9 Å². The molecule has 0 aliphatic rings. The fourth-order valence-corrected chi connectivity index (χ4v) is 2.17. The third-order valence-corrected chi connectivity index (χ3v) is 3.54. The molecule has 1 aromatic carbocycles. The van der Waals surface area contributed by atoms with Gasteiger partial charge in [0.1, 0.15) is 5.82 Å². The van der Waals surface area contributed by atoms with Crippen LogP contribution in [-0.2, 0) is 10.0 Å². The van der Waals surface area contributed by atoms with Crippen molar-refractivity contribution in [1.82, 2.24) is 0 Å². The molecule has 0 aliphatic carbocycles. The summed E-state index contributed by atoms with van der Waals surface area (Å²) in [4.78, 5) is -0.306. The minimum Gasteiger partial charge on any atom is -0.225 e. The van der Waals surface area contributed by atoms with Crippen LogP contribution in [0.4, 0.5) is 4.39 Å². The van der Waals surface area contributed by atoms with E-state index in [4.69, 9.17) is 10.4 Å². The molecule has 1 unspecified atom stereocenters. The Labute approximate surface area is 101 Å². The van der Waals surface area contributed by atoms with Gasteiger partial charge in [-0.2, -0.15) is 5.26 Å². The maximum Gasteiger partial charge on any atom is 0.238 e. The predicted octanol–water partition coefficient (Wildman–Crippen LogP) is 1.48. The van der Waals surface area contributed by atoms with Crippen LogP contribution in [0.15, 0.2) is 23.1 Å². The third-order valence-electron chi connectivity index (χ3n) is 1.99. The highest BCUT2D eigenvalue weighted by Crippen LogP contribution is 2.22. The van der Waals surface area contributed by atoms with E-state index in [2.05, 4.69) is 15.9 Å². The number of hydrogen-bond donors (Lipinski definition) is 1. The first-order valence-electron chi connectivity index (χ1n) is 4.18. The van der Waals surface area contributed by atoms with Crippen molar-refractivity contribution in [1.29, 1.82) is 5.26 Å². The Morgan fingerprint density at radius 2 is 2.19 bits per heavy atom. The average Bonchev–Trinajstić information content (AvgIpc) is 2.20. The summed E-state index contributed by atoms with van der Waals surface area (Å²) in [5.74, 6) is -1.41. The molecule has 86 valence electrons. The highest BCUT2D eigenvalue weighted by molar-refractivity contribution is 9.09. The van der Waals surface area contributed by atoms with Gasteiger partial charge in [-0.25, -0.2) is 17.9 Å². The van der Waals surface area contributed by atoms with E-state index in [0.29, 0.717) is 0 Å². The lowest BCUT2D eigenvalue weighted by atomic mass is 10.0. The van der Waals surface area contributed by atoms with Crippen molar-refractivity contribution in [2.45, 2.75) is 10.8 Å². The molecule has 1 atom stereocenters. The normalized spacial score (nSPS) is 13.1. The van der Waals surface area contributed by atoms with E-state index in [1.54, 1.807) is 0 Å². The van der Waals surface area contributed by atoms with Crippen LogP contribution >= 0.6 is 15.9 Å². The molecule has 0 fully saturated rings. The molecule has 0 spiro atoms. The molecule has 0 aliphatic heterocycles. The second-order valence-electron chi connectivity index (χ2n) is 3.06. The molecule has 0 saturated heterocycles. The average molecular weight is 307 g/mol. The van der Waals surface area contributed by atoms with E-state index in [1.807, 2.05) is 6.07 Å². The summed E-state index contributed by atoms with van der Waals surface area (Å²) in [6, 6.07) is 5.15. The molecular formula is C9H8BrFN2O2S. The summed E-state index contributed by atoms with van der Waals surface area (Å²) in [5.41, 5.74) is 0.145. The molecule has 0 radical (unpaired) electrons. The van der Waals surface area contributed by atoms with Crippen molar-refractivity contribution < 1.29 is 12.8 Å². The van der Waals surface area contributed by atoms with Gasteiger partial charge in [-0.05, 0) is 12.1 Å². The van der Waals surface area contributed by atoms with Crippen LogP contribution in [-0.4, -0.2) is 13.7 Å². The zero-order valence-electron chi connectivity index (χ0n) is 8.02. The lowest BCUT2D eigenvalue weighted by Crippen LogP contribution is -2.13. The second kappa shape index (κ2) is 4.91. The summed E-state index contributed by atoms with van der Waals surface area (Å²) in [6.45, 7) is 0. The van der Waals surface area contributed by atoms with Gasteiger partial charge in [0.15, 0.2) is 0 Å². The minimum absolute atomic E-state index is 0.145. The van der Waals surface area contributed by atoms with Crippen LogP contribution in [0, 0.1) is 17.1 Å². The number of alkyl halides is 1. The van der Waals surface area contributed by atoms with Crippen molar-refractivity contribution in [3.8, 4) is 6.07 Å². The van der Waals surface area contributed by atoms with Gasteiger partial charge < -0.3 is 0 Å². The molecule has 0 aromatic heterocycles. The first kappa shape index (κ1) is 13.1. The summed E-state index contributed by atoms with van der Waals surface area (Å²) >= 11 is 3.07. The minimum atomic E-state index is -3.92. The lowest BCUT2D eigenvalue weighted by Gasteiger charge is -2.08. The molecule has 0 bridgehead atoms. The van der Waals surface area contributed by atoms with E-state index >= 15 is 0 Å². The van der Waals surface area contributed by atoms with Crippen molar-refractivity contribution >= 4 is 26.0 Å². The zero-order chi connectivity index (χ0) is 12.3. The van der Waals surface area contributed by atoms with Crippen molar-refractivity contribution in [2.75, 3.05) is 5.33 Å². The Morgan fingerprint density at radius 3 is 2.56 bits per heavy atom. The zero-order valence-corrected chi connectivity index (χ0v) is 10.4. The maximum absolute atomic E-state index is 13.5. The van der Waals surface area contributed by atoms with E-state index < -0.39 is 21.8 Å². The van der Waals surface area contributed by atoms with Crippen LogP contribution in [0.2, 0.25) is 0 Å². The number of sulfonamides is 1. The molecule has 1 aromatic rings. The highest BCUT2D eigenvalue weighted by atomic mass is 79.9. The van der Waals surface area contributed by atoms with Gasteiger partial charge >= 0.3 is 0 Å². The Morgan fingerprint density at radius 1 is 1.56 bits per heavy atom. The molecule has 7 heteroatoms. The number of nitrogens with two attached hydrogens (primary N) is 1. The van der Waals surface area contributed by atoms with Crippen molar-refractivity contribution in [3.63, 3.8) is 0 Å². The van der Waals surface area contributed by atoms with E-state index in [9.17, 15) is 12.8 Å². The summed E-state index contributed by atoms with van der Waals surface area (Å²) in [6.07, 6.45) is 0. The number of rotatable bonds is 3. The highest BCUT2D eigenvalue weighted by Gasteiger charge is 2.17. The van der Waals surface area contributed by atoms with Gasteiger partial charge in [0.2, 0.25) is 10.0 Å². The Balaban J connectivity index is 3.26. The molecule has 0 amide bonds. The van der Waals surface area contributed by atoms with E-state index in [0.717, 1.165) is 6.07 Å². The number of halogens is 2. The molecule has 4 nitrogen and oxygen atoms in total. The van der Waals surface area contributed by atoms with E-state index in [-0.39, 0.29) is 15.8 Å². The Kier molecular flexibility index (Phi) is 4.02. The number of benzene rings is 1. The van der Waals surface area contributed by atoms with Crippen LogP contribution in [0.25, 0.3) is 0 Å². The fraction of sp³-hybridized carbons (Fsp3) is 0.222. The molecule has 16 heavy (non-hydrogen) atoms. The second-order valence-corrected chi connectivity index (χ2v) is 5.27. The monoisotopic (exact) mass is 306 g/mol. The first-order chi connectivity index (χ1) is 7.40. The molecule has 0 saturated carbocycles. The summed E-state index contributed by atoms with van der Waals surface area (Å²) in [5, 5.41) is 13.9. The number of nitriles is 1. The SMILES string of the molecule is N#CC(CBr)c1ccc(S(N)(=O)=O)cc1F. The Bertz CT molecular complexity index is 539. The van der Waals surface area contributed by atoms with Crippen LogP contribution in [0.1, 0.15) is 11.5 Å². The molecule has 2 N–H and O–H groups in total. The standard InChI is InChI=1S/C9H8BrFN2O2S/c10-4-6(5-12)8-2-1-7(3-9(8)11)16(13,14)15/h1-3,6H,4H2,(H2,13,14,15). The van der Waals surface area contributed by atoms with Gasteiger partial charge in [0, 0.05) is 10.9 Å². The van der Waals surface area contributed by atoms with Gasteiger partial charge in [0.25, 0.3) is 0 Å². The van der Waals surface area contributed by atoms with Gasteiger partial charge in [-0.15, -0.1) is 0 Å². The Hall–Kier alpha value is -0.970. The van der Waals surface area contributed by atoms with Crippen LogP contribution in [0.5, 0.6) is 0 Å². The van der Waals surface area contributed by atoms with Crippen molar-refractivity contribution in [3.05, 3.63) is 29.6 Å². The maximum atomic E-state index is 13.5. The smallest absolute Gasteiger partial charge is 0.225 e. The number of nitrogens with zero attached hydrogens (tertiary/aromatic N) is 1. The summed E-state index contributed by atoms with van der Waals surface area (Å²) in [7, 11) is -3.92. The fourth-order valence-electron chi connectivity index (χ4n) is 1.15. The first-order valence-corrected chi connectivity index (χ1v) is 6.84. The summed E-state index contributed by atoms with van der Waals surface area (Å²) < 4.78 is 35.4. The lowest BCUT2D eigenvalue weighted by molar-refractivity contribution is 0.587. The largest absolute Gasteiger partial charge is 0.238 e. The quantitative estimate of drug-likeness (QED) is 0.858. The van der Waals surface area contributed by atoms with Gasteiger partial charge in [-0.3, -0.25) is 0 Å². The molecule has 0 heterocycles. The van der Waals surface area contributed by atoms with Crippen LogP contribution in [0.3, 0.4) is 0 Å². The predicted molar refractivity (Wildman–Crippen MR) is 59.9 cm³/mol. The number of primary sulfonamides is 1. The van der Waals surface area contributed by atoms with E-state index in [1.165, 1.54) is 12.1 Å².